The van der Waals surface area contributed by atoms with Crippen LogP contribution in [0.5, 0.6) is 0 Å². The van der Waals surface area contributed by atoms with Gasteiger partial charge in [0.2, 0.25) is 0 Å². The predicted octanol–water partition coefficient (Wildman–Crippen LogP) is 1.75. The number of hydrogen-bond acceptors (Lipinski definition) is 2. The summed E-state index contributed by atoms with van der Waals surface area (Å²) in [5, 5.41) is 6.96. The number of hydrogen-bond donors (Lipinski definition) is 1. The van der Waals surface area contributed by atoms with Crippen molar-refractivity contribution in [1.82, 2.24) is 10.2 Å². The number of thioether (sulfide) groups is 1. The van der Waals surface area contributed by atoms with Crippen molar-refractivity contribution in [2.24, 2.45) is 0 Å². The number of H-pyrrole nitrogens is 1. The molecule has 1 aromatic rings. The summed E-state index contributed by atoms with van der Waals surface area (Å²) in [5.41, 5.74) is 2.26. The molecule has 0 saturated heterocycles. The summed E-state index contributed by atoms with van der Waals surface area (Å²) in [6, 6.07) is 0. The van der Waals surface area contributed by atoms with Crippen LogP contribution in [0.2, 0.25) is 0 Å². The molecule has 1 heterocycles. The zero-order valence-electron chi connectivity index (χ0n) is 5.86. The van der Waals surface area contributed by atoms with Crippen LogP contribution < -0.4 is 0 Å². The monoisotopic (exact) mass is 142 g/mol. The van der Waals surface area contributed by atoms with Crippen molar-refractivity contribution in [2.75, 3.05) is 6.26 Å². The first-order valence-electron chi connectivity index (χ1n) is 2.81. The standard InChI is InChI=1S/C6H10N2S/c1-4-6(9-3)5(2)8-7-4/h1-3H3,(H,7,8). The van der Waals surface area contributed by atoms with Crippen LogP contribution >= 0.6 is 11.8 Å². The normalized spacial score (nSPS) is 10.1. The van der Waals surface area contributed by atoms with Crippen molar-refractivity contribution in [2.45, 2.75) is 18.7 Å². The van der Waals surface area contributed by atoms with E-state index in [1.807, 2.05) is 13.8 Å². The Morgan fingerprint density at radius 3 is 2.33 bits per heavy atom. The summed E-state index contributed by atoms with van der Waals surface area (Å²) in [4.78, 5) is 1.27. The topological polar surface area (TPSA) is 28.7 Å². The summed E-state index contributed by atoms with van der Waals surface area (Å²) < 4.78 is 0. The molecule has 50 valence electrons. The van der Waals surface area contributed by atoms with E-state index in [0.717, 1.165) is 5.69 Å². The van der Waals surface area contributed by atoms with E-state index >= 15 is 0 Å². The summed E-state index contributed by atoms with van der Waals surface area (Å²) in [6.07, 6.45) is 2.06. The molecule has 1 aromatic heterocycles. The van der Waals surface area contributed by atoms with E-state index in [2.05, 4.69) is 16.5 Å². The van der Waals surface area contributed by atoms with Crippen LogP contribution in [-0.2, 0) is 0 Å². The van der Waals surface area contributed by atoms with Gasteiger partial charge in [0.1, 0.15) is 0 Å². The molecular formula is C6H10N2S. The number of nitrogens with zero attached hydrogens (tertiary/aromatic N) is 1. The molecule has 0 bridgehead atoms. The van der Waals surface area contributed by atoms with Gasteiger partial charge >= 0.3 is 0 Å². The molecule has 3 heteroatoms. The van der Waals surface area contributed by atoms with Gasteiger partial charge in [0.25, 0.3) is 0 Å². The maximum absolute atomic E-state index is 4.04. The van der Waals surface area contributed by atoms with Crippen LogP contribution in [-0.4, -0.2) is 16.5 Å². The SMILES string of the molecule is CSc1c(C)n[nH]c1C. The van der Waals surface area contributed by atoms with E-state index in [4.69, 9.17) is 0 Å². The van der Waals surface area contributed by atoms with Crippen molar-refractivity contribution >= 4 is 11.8 Å². The van der Waals surface area contributed by atoms with E-state index < -0.39 is 0 Å². The molecule has 2 nitrogen and oxygen atoms in total. The van der Waals surface area contributed by atoms with Gasteiger partial charge in [-0.05, 0) is 20.1 Å². The molecule has 0 saturated carbocycles. The van der Waals surface area contributed by atoms with Crippen LogP contribution in [0.15, 0.2) is 4.90 Å². The highest BCUT2D eigenvalue weighted by Crippen LogP contribution is 2.20. The van der Waals surface area contributed by atoms with E-state index in [0.29, 0.717) is 0 Å². The molecule has 0 radical (unpaired) electrons. The third kappa shape index (κ3) is 1.10. The lowest BCUT2D eigenvalue weighted by atomic mass is 10.4. The Bertz CT molecular complexity index is 185. The van der Waals surface area contributed by atoms with Crippen LogP contribution in [0.3, 0.4) is 0 Å². The second-order valence-electron chi connectivity index (χ2n) is 1.97. The van der Waals surface area contributed by atoms with E-state index in [1.165, 1.54) is 10.6 Å². The van der Waals surface area contributed by atoms with Crippen LogP contribution in [0, 0.1) is 13.8 Å². The first kappa shape index (κ1) is 6.68. The van der Waals surface area contributed by atoms with Gasteiger partial charge in [0, 0.05) is 5.69 Å². The van der Waals surface area contributed by atoms with Gasteiger partial charge in [-0.15, -0.1) is 11.8 Å². The Hall–Kier alpha value is -0.440. The van der Waals surface area contributed by atoms with E-state index in [1.54, 1.807) is 11.8 Å². The molecule has 0 aliphatic rings. The summed E-state index contributed by atoms with van der Waals surface area (Å²) >= 11 is 1.73. The Kier molecular flexibility index (Phi) is 1.81. The van der Waals surface area contributed by atoms with Gasteiger partial charge in [-0.25, -0.2) is 0 Å². The number of aromatic amines is 1. The Labute approximate surface area is 59.0 Å². The predicted molar refractivity (Wildman–Crippen MR) is 39.8 cm³/mol. The smallest absolute Gasteiger partial charge is 0.0729 e. The fraction of sp³-hybridized carbons (Fsp3) is 0.500. The fourth-order valence-electron chi connectivity index (χ4n) is 0.841. The molecule has 0 spiro atoms. The summed E-state index contributed by atoms with van der Waals surface area (Å²) in [5.74, 6) is 0. The number of aromatic nitrogens is 2. The van der Waals surface area contributed by atoms with Crippen molar-refractivity contribution in [3.05, 3.63) is 11.4 Å². The molecular weight excluding hydrogens is 132 g/mol. The van der Waals surface area contributed by atoms with Gasteiger partial charge in [-0.3, -0.25) is 5.10 Å². The van der Waals surface area contributed by atoms with Gasteiger partial charge in [0.05, 0.1) is 10.6 Å². The molecule has 9 heavy (non-hydrogen) atoms. The van der Waals surface area contributed by atoms with Crippen molar-refractivity contribution in [3.63, 3.8) is 0 Å². The maximum Gasteiger partial charge on any atom is 0.0729 e. The average Bonchev–Trinajstić information content (AvgIpc) is 2.12. The molecule has 1 rings (SSSR count). The van der Waals surface area contributed by atoms with Gasteiger partial charge in [-0.2, -0.15) is 5.10 Å². The summed E-state index contributed by atoms with van der Waals surface area (Å²) in [6.45, 7) is 4.04. The molecule has 0 unspecified atom stereocenters. The number of aryl methyl sites for hydroxylation is 2. The highest BCUT2D eigenvalue weighted by molar-refractivity contribution is 7.98. The van der Waals surface area contributed by atoms with Crippen molar-refractivity contribution in [1.29, 1.82) is 0 Å². The third-order valence-corrected chi connectivity index (χ3v) is 2.27. The van der Waals surface area contributed by atoms with Crippen LogP contribution in [0.25, 0.3) is 0 Å². The second kappa shape index (κ2) is 2.43. The van der Waals surface area contributed by atoms with E-state index in [-0.39, 0.29) is 0 Å². The highest BCUT2D eigenvalue weighted by atomic mass is 32.2. The van der Waals surface area contributed by atoms with Crippen LogP contribution in [0.4, 0.5) is 0 Å². The largest absolute Gasteiger partial charge is 0.281 e. The third-order valence-electron chi connectivity index (χ3n) is 1.26. The Balaban J connectivity index is 3.07. The maximum atomic E-state index is 4.04. The van der Waals surface area contributed by atoms with Crippen LogP contribution in [0.1, 0.15) is 11.4 Å². The fourth-order valence-corrected chi connectivity index (χ4v) is 1.53. The lowest BCUT2D eigenvalue weighted by Gasteiger charge is -1.90. The minimum atomic E-state index is 1.10. The lowest BCUT2D eigenvalue weighted by Crippen LogP contribution is -1.72. The van der Waals surface area contributed by atoms with Crippen molar-refractivity contribution < 1.29 is 0 Å². The molecule has 0 aliphatic carbocycles. The molecule has 0 aliphatic heterocycles. The zero-order chi connectivity index (χ0) is 6.85. The lowest BCUT2D eigenvalue weighted by molar-refractivity contribution is 1.02. The molecule has 0 atom stereocenters. The zero-order valence-corrected chi connectivity index (χ0v) is 6.67. The first-order valence-corrected chi connectivity index (χ1v) is 4.03. The van der Waals surface area contributed by atoms with Gasteiger partial charge in [0.15, 0.2) is 0 Å². The molecule has 0 fully saturated rings. The Morgan fingerprint density at radius 2 is 2.11 bits per heavy atom. The average molecular weight is 142 g/mol. The van der Waals surface area contributed by atoms with Crippen molar-refractivity contribution in [3.8, 4) is 0 Å². The molecule has 0 amide bonds. The number of nitrogens with one attached hydrogen (secondary N) is 1. The highest BCUT2D eigenvalue weighted by Gasteiger charge is 2.01. The minimum absolute atomic E-state index is 1.10. The molecule has 1 N–H and O–H groups in total. The summed E-state index contributed by atoms with van der Waals surface area (Å²) in [7, 11) is 0. The molecule has 0 aromatic carbocycles. The second-order valence-corrected chi connectivity index (χ2v) is 2.78. The quantitative estimate of drug-likeness (QED) is 0.605. The van der Waals surface area contributed by atoms with Gasteiger partial charge in [-0.1, -0.05) is 0 Å². The van der Waals surface area contributed by atoms with E-state index in [9.17, 15) is 0 Å². The Morgan fingerprint density at radius 1 is 1.44 bits per heavy atom. The minimum Gasteiger partial charge on any atom is -0.281 e. The number of rotatable bonds is 1. The van der Waals surface area contributed by atoms with Gasteiger partial charge < -0.3 is 0 Å². The first-order chi connectivity index (χ1) is 4.25.